The lowest BCUT2D eigenvalue weighted by molar-refractivity contribution is -0.155. The lowest BCUT2D eigenvalue weighted by Gasteiger charge is -2.29. The minimum absolute atomic E-state index is 0.298. The van der Waals surface area contributed by atoms with E-state index in [0.717, 1.165) is 12.8 Å². The summed E-state index contributed by atoms with van der Waals surface area (Å²) in [5, 5.41) is 9.11. The number of carboxylic acid groups (broad SMARTS) is 1. The van der Waals surface area contributed by atoms with E-state index in [2.05, 4.69) is 0 Å². The molecule has 4 heteroatoms. The predicted molar refractivity (Wildman–Crippen MR) is 63.1 cm³/mol. The van der Waals surface area contributed by atoms with Crippen LogP contribution in [0.5, 0.6) is 0 Å². The quantitative estimate of drug-likeness (QED) is 0.733. The molecule has 0 aromatic heterocycles. The van der Waals surface area contributed by atoms with E-state index in [1.165, 1.54) is 4.90 Å². The number of rotatable bonds is 5. The van der Waals surface area contributed by atoms with Crippen molar-refractivity contribution >= 4 is 11.9 Å². The fraction of sp³-hybridized carbons (Fsp3) is 0.833. The SMILES string of the molecule is CCCCN(C)C(=O)C(C(=O)O)C(C)(C)C. The highest BCUT2D eigenvalue weighted by molar-refractivity contribution is 5.97. The van der Waals surface area contributed by atoms with E-state index >= 15 is 0 Å². The van der Waals surface area contributed by atoms with Crippen LogP contribution in [0.15, 0.2) is 0 Å². The molecule has 0 heterocycles. The number of amides is 1. The molecule has 4 nitrogen and oxygen atoms in total. The van der Waals surface area contributed by atoms with Crippen molar-refractivity contribution in [2.24, 2.45) is 11.3 Å². The van der Waals surface area contributed by atoms with Gasteiger partial charge in [-0.15, -0.1) is 0 Å². The Morgan fingerprint density at radius 2 is 1.81 bits per heavy atom. The summed E-state index contributed by atoms with van der Waals surface area (Å²) >= 11 is 0. The number of unbranched alkanes of at least 4 members (excludes halogenated alkanes) is 1. The summed E-state index contributed by atoms with van der Waals surface area (Å²) in [7, 11) is 1.67. The van der Waals surface area contributed by atoms with Gasteiger partial charge in [-0.05, 0) is 11.8 Å². The highest BCUT2D eigenvalue weighted by Crippen LogP contribution is 2.27. The molecule has 94 valence electrons. The van der Waals surface area contributed by atoms with Crippen molar-refractivity contribution < 1.29 is 14.7 Å². The van der Waals surface area contributed by atoms with Gasteiger partial charge < -0.3 is 10.0 Å². The Morgan fingerprint density at radius 1 is 1.31 bits per heavy atom. The van der Waals surface area contributed by atoms with Crippen LogP contribution in [-0.2, 0) is 9.59 Å². The highest BCUT2D eigenvalue weighted by Gasteiger charge is 2.39. The Kier molecular flexibility index (Phi) is 5.48. The molecular formula is C12H23NO3. The second-order valence-electron chi connectivity index (χ2n) is 5.25. The minimum Gasteiger partial charge on any atom is -0.481 e. The lowest BCUT2D eigenvalue weighted by Crippen LogP contribution is -2.43. The van der Waals surface area contributed by atoms with Crippen LogP contribution < -0.4 is 0 Å². The van der Waals surface area contributed by atoms with Crippen LogP contribution in [0, 0.1) is 11.3 Å². The van der Waals surface area contributed by atoms with Crippen molar-refractivity contribution in [3.63, 3.8) is 0 Å². The number of carbonyl (C=O) groups is 2. The maximum absolute atomic E-state index is 12.0. The van der Waals surface area contributed by atoms with E-state index in [0.29, 0.717) is 6.54 Å². The van der Waals surface area contributed by atoms with Gasteiger partial charge in [0.2, 0.25) is 5.91 Å². The van der Waals surface area contributed by atoms with Gasteiger partial charge in [0.05, 0.1) is 0 Å². The smallest absolute Gasteiger partial charge is 0.316 e. The van der Waals surface area contributed by atoms with E-state index in [1.54, 1.807) is 27.8 Å². The van der Waals surface area contributed by atoms with Crippen molar-refractivity contribution in [2.75, 3.05) is 13.6 Å². The second-order valence-corrected chi connectivity index (χ2v) is 5.25. The number of hydrogen-bond acceptors (Lipinski definition) is 2. The number of carboxylic acids is 1. The predicted octanol–water partition coefficient (Wildman–Crippen LogP) is 1.99. The number of hydrogen-bond donors (Lipinski definition) is 1. The van der Waals surface area contributed by atoms with Crippen molar-refractivity contribution in [1.82, 2.24) is 4.90 Å². The molecule has 1 atom stereocenters. The van der Waals surface area contributed by atoms with Crippen molar-refractivity contribution in [3.8, 4) is 0 Å². The zero-order valence-electron chi connectivity index (χ0n) is 10.9. The van der Waals surface area contributed by atoms with Gasteiger partial charge in [-0.1, -0.05) is 34.1 Å². The van der Waals surface area contributed by atoms with Crippen LogP contribution in [0.25, 0.3) is 0 Å². The van der Waals surface area contributed by atoms with Gasteiger partial charge in [0, 0.05) is 13.6 Å². The molecule has 1 unspecified atom stereocenters. The molecule has 0 rings (SSSR count). The molecule has 1 N–H and O–H groups in total. The van der Waals surface area contributed by atoms with Gasteiger partial charge in [-0.25, -0.2) is 0 Å². The fourth-order valence-electron chi connectivity index (χ4n) is 1.57. The molecule has 1 amide bonds. The van der Waals surface area contributed by atoms with Crippen LogP contribution in [0.3, 0.4) is 0 Å². The van der Waals surface area contributed by atoms with E-state index in [9.17, 15) is 9.59 Å². The summed E-state index contributed by atoms with van der Waals surface area (Å²) in [5.74, 6) is -2.30. The molecule has 0 radical (unpaired) electrons. The molecule has 0 bridgehead atoms. The van der Waals surface area contributed by atoms with Crippen molar-refractivity contribution in [2.45, 2.75) is 40.5 Å². The summed E-state index contributed by atoms with van der Waals surface area (Å²) in [5.41, 5.74) is -0.552. The Hall–Kier alpha value is -1.06. The maximum atomic E-state index is 12.0. The Balaban J connectivity index is 4.70. The van der Waals surface area contributed by atoms with Crippen LogP contribution >= 0.6 is 0 Å². The fourth-order valence-corrected chi connectivity index (χ4v) is 1.57. The third-order valence-electron chi connectivity index (χ3n) is 2.58. The average Bonchev–Trinajstić information content (AvgIpc) is 2.10. The zero-order valence-corrected chi connectivity index (χ0v) is 10.9. The van der Waals surface area contributed by atoms with Crippen LogP contribution in [0.1, 0.15) is 40.5 Å². The van der Waals surface area contributed by atoms with Crippen molar-refractivity contribution in [3.05, 3.63) is 0 Å². The molecule has 0 saturated heterocycles. The molecule has 0 aromatic carbocycles. The molecule has 0 aliphatic carbocycles. The third-order valence-corrected chi connectivity index (χ3v) is 2.58. The Labute approximate surface area is 97.6 Å². The zero-order chi connectivity index (χ0) is 12.9. The van der Waals surface area contributed by atoms with Gasteiger partial charge in [0.15, 0.2) is 0 Å². The van der Waals surface area contributed by atoms with E-state index in [1.807, 2.05) is 6.92 Å². The summed E-state index contributed by atoms with van der Waals surface area (Å²) in [4.78, 5) is 24.6. The molecule has 0 aromatic rings. The van der Waals surface area contributed by atoms with Gasteiger partial charge in [-0.2, -0.15) is 0 Å². The van der Waals surface area contributed by atoms with Crippen LogP contribution in [-0.4, -0.2) is 35.5 Å². The monoisotopic (exact) mass is 229 g/mol. The molecule has 16 heavy (non-hydrogen) atoms. The summed E-state index contributed by atoms with van der Waals surface area (Å²) in [6.07, 6.45) is 1.89. The van der Waals surface area contributed by atoms with E-state index in [-0.39, 0.29) is 5.91 Å². The van der Waals surface area contributed by atoms with Crippen molar-refractivity contribution in [1.29, 1.82) is 0 Å². The Morgan fingerprint density at radius 3 is 2.12 bits per heavy atom. The number of carbonyl (C=O) groups excluding carboxylic acids is 1. The lowest BCUT2D eigenvalue weighted by atomic mass is 9.80. The first-order chi connectivity index (χ1) is 7.21. The molecule has 0 aliphatic rings. The minimum atomic E-state index is -1.04. The molecule has 0 aliphatic heterocycles. The largest absolute Gasteiger partial charge is 0.481 e. The number of aliphatic carboxylic acids is 1. The third kappa shape index (κ3) is 4.21. The first kappa shape index (κ1) is 14.9. The summed E-state index contributed by atoms with van der Waals surface area (Å²) < 4.78 is 0. The second kappa shape index (κ2) is 5.87. The first-order valence-electron chi connectivity index (χ1n) is 5.69. The van der Waals surface area contributed by atoms with E-state index < -0.39 is 17.3 Å². The van der Waals surface area contributed by atoms with Gasteiger partial charge in [0.1, 0.15) is 5.92 Å². The average molecular weight is 229 g/mol. The highest BCUT2D eigenvalue weighted by atomic mass is 16.4. The topological polar surface area (TPSA) is 57.6 Å². The molecule has 0 spiro atoms. The molecule has 0 fully saturated rings. The first-order valence-corrected chi connectivity index (χ1v) is 5.69. The van der Waals surface area contributed by atoms with Crippen LogP contribution in [0.4, 0.5) is 0 Å². The summed E-state index contributed by atoms with van der Waals surface area (Å²) in [6, 6.07) is 0. The standard InChI is InChI=1S/C12H23NO3/c1-6-7-8-13(5)10(14)9(11(15)16)12(2,3)4/h9H,6-8H2,1-5H3,(H,15,16). The number of nitrogens with zero attached hydrogens (tertiary/aromatic N) is 1. The van der Waals surface area contributed by atoms with Gasteiger partial charge in [-0.3, -0.25) is 9.59 Å². The van der Waals surface area contributed by atoms with Crippen LogP contribution in [0.2, 0.25) is 0 Å². The van der Waals surface area contributed by atoms with Gasteiger partial charge >= 0.3 is 5.97 Å². The molecular weight excluding hydrogens is 206 g/mol. The maximum Gasteiger partial charge on any atom is 0.316 e. The van der Waals surface area contributed by atoms with E-state index in [4.69, 9.17) is 5.11 Å². The molecule has 0 saturated carbocycles. The summed E-state index contributed by atoms with van der Waals surface area (Å²) in [6.45, 7) is 7.98. The Bertz CT molecular complexity index is 255. The van der Waals surface area contributed by atoms with Gasteiger partial charge in [0.25, 0.3) is 0 Å². The normalized spacial score (nSPS) is 13.3.